The molecule has 1 amide bonds. The van der Waals surface area contributed by atoms with Crippen LogP contribution in [0.3, 0.4) is 0 Å². The maximum atomic E-state index is 11.6. The molecule has 4 nitrogen and oxygen atoms in total. The normalized spacial score (nSPS) is 19.7. The highest BCUT2D eigenvalue weighted by Crippen LogP contribution is 2.23. The molecule has 0 spiro atoms. The molecular formula is C15H22N2O2. The van der Waals surface area contributed by atoms with Crippen molar-refractivity contribution in [2.24, 2.45) is 5.73 Å². The fraction of sp³-hybridized carbons (Fsp3) is 0.533. The summed E-state index contributed by atoms with van der Waals surface area (Å²) in [6.07, 6.45) is -0.434. The van der Waals surface area contributed by atoms with Crippen LogP contribution in [0, 0.1) is 0 Å². The number of amides is 1. The Labute approximate surface area is 114 Å². The minimum atomic E-state index is -0.268. The monoisotopic (exact) mass is 262 g/mol. The fourth-order valence-corrected chi connectivity index (χ4v) is 2.16. The Hall–Kier alpha value is -1.55. The summed E-state index contributed by atoms with van der Waals surface area (Å²) in [5.41, 5.74) is 8.07. The molecule has 19 heavy (non-hydrogen) atoms. The topological polar surface area (TPSA) is 55.6 Å². The minimum absolute atomic E-state index is 0.149. The van der Waals surface area contributed by atoms with E-state index in [2.05, 4.69) is 45.0 Å². The summed E-state index contributed by atoms with van der Waals surface area (Å²) in [5, 5.41) is 0. The van der Waals surface area contributed by atoms with E-state index < -0.39 is 0 Å². The SMILES string of the molecule is CC(C)(C)c1ccc(CN2CC(CN)OC2=O)cc1. The van der Waals surface area contributed by atoms with Gasteiger partial charge in [-0.15, -0.1) is 0 Å². The van der Waals surface area contributed by atoms with Crippen molar-refractivity contribution < 1.29 is 9.53 Å². The molecular weight excluding hydrogens is 240 g/mol. The van der Waals surface area contributed by atoms with E-state index in [4.69, 9.17) is 10.5 Å². The van der Waals surface area contributed by atoms with Crippen molar-refractivity contribution in [3.8, 4) is 0 Å². The van der Waals surface area contributed by atoms with Crippen molar-refractivity contribution in [1.29, 1.82) is 0 Å². The quantitative estimate of drug-likeness (QED) is 0.909. The van der Waals surface area contributed by atoms with E-state index in [1.54, 1.807) is 4.90 Å². The minimum Gasteiger partial charge on any atom is -0.443 e. The maximum Gasteiger partial charge on any atom is 0.410 e. The first-order chi connectivity index (χ1) is 8.90. The smallest absolute Gasteiger partial charge is 0.410 e. The molecule has 0 aliphatic carbocycles. The van der Waals surface area contributed by atoms with Gasteiger partial charge in [-0.05, 0) is 16.5 Å². The van der Waals surface area contributed by atoms with Gasteiger partial charge in [0.2, 0.25) is 0 Å². The average molecular weight is 262 g/mol. The summed E-state index contributed by atoms with van der Waals surface area (Å²) in [4.78, 5) is 13.3. The van der Waals surface area contributed by atoms with Crippen molar-refractivity contribution in [3.63, 3.8) is 0 Å². The van der Waals surface area contributed by atoms with Gasteiger partial charge >= 0.3 is 6.09 Å². The molecule has 1 aromatic rings. The van der Waals surface area contributed by atoms with Gasteiger partial charge in [0.15, 0.2) is 0 Å². The molecule has 0 aromatic heterocycles. The lowest BCUT2D eigenvalue weighted by Gasteiger charge is -2.20. The number of carbonyl (C=O) groups excluding carboxylic acids is 1. The van der Waals surface area contributed by atoms with Crippen LogP contribution in [0.5, 0.6) is 0 Å². The lowest BCUT2D eigenvalue weighted by Crippen LogP contribution is -2.27. The molecule has 1 aliphatic heterocycles. The lowest BCUT2D eigenvalue weighted by molar-refractivity contribution is 0.134. The van der Waals surface area contributed by atoms with Gasteiger partial charge in [-0.25, -0.2) is 4.79 Å². The van der Waals surface area contributed by atoms with Crippen molar-refractivity contribution in [1.82, 2.24) is 4.90 Å². The third-order valence-corrected chi connectivity index (χ3v) is 3.41. The van der Waals surface area contributed by atoms with Gasteiger partial charge in [-0.3, -0.25) is 0 Å². The standard InChI is InChI=1S/C15H22N2O2/c1-15(2,3)12-6-4-11(5-7-12)9-17-10-13(8-16)19-14(17)18/h4-7,13H,8-10,16H2,1-3H3. The molecule has 0 saturated carbocycles. The van der Waals surface area contributed by atoms with Gasteiger partial charge in [0.1, 0.15) is 6.10 Å². The van der Waals surface area contributed by atoms with Crippen LogP contribution in [0.1, 0.15) is 31.9 Å². The first-order valence-corrected chi connectivity index (χ1v) is 6.65. The Balaban J connectivity index is 2.02. The van der Waals surface area contributed by atoms with E-state index in [9.17, 15) is 4.79 Å². The summed E-state index contributed by atoms with van der Waals surface area (Å²) in [5.74, 6) is 0. The average Bonchev–Trinajstić information content (AvgIpc) is 2.70. The maximum absolute atomic E-state index is 11.6. The van der Waals surface area contributed by atoms with Crippen molar-refractivity contribution in [2.75, 3.05) is 13.1 Å². The number of nitrogens with two attached hydrogens (primary N) is 1. The van der Waals surface area contributed by atoms with E-state index in [1.807, 2.05) is 0 Å². The van der Waals surface area contributed by atoms with Crippen molar-refractivity contribution >= 4 is 6.09 Å². The van der Waals surface area contributed by atoms with E-state index in [0.717, 1.165) is 5.56 Å². The highest BCUT2D eigenvalue weighted by molar-refractivity contribution is 5.70. The summed E-state index contributed by atoms with van der Waals surface area (Å²) in [6.45, 7) is 8.10. The van der Waals surface area contributed by atoms with E-state index in [0.29, 0.717) is 19.6 Å². The van der Waals surface area contributed by atoms with Crippen LogP contribution >= 0.6 is 0 Å². The molecule has 1 saturated heterocycles. The first-order valence-electron chi connectivity index (χ1n) is 6.65. The summed E-state index contributed by atoms with van der Waals surface area (Å²) < 4.78 is 5.14. The van der Waals surface area contributed by atoms with Gasteiger partial charge in [0.25, 0.3) is 0 Å². The van der Waals surface area contributed by atoms with E-state index >= 15 is 0 Å². The van der Waals surface area contributed by atoms with Crippen LogP contribution in [-0.2, 0) is 16.7 Å². The largest absolute Gasteiger partial charge is 0.443 e. The molecule has 2 N–H and O–H groups in total. The van der Waals surface area contributed by atoms with Crippen LogP contribution in [0.2, 0.25) is 0 Å². The van der Waals surface area contributed by atoms with Crippen LogP contribution in [0.4, 0.5) is 4.79 Å². The van der Waals surface area contributed by atoms with Crippen LogP contribution in [-0.4, -0.2) is 30.2 Å². The van der Waals surface area contributed by atoms with Crippen LogP contribution < -0.4 is 5.73 Å². The molecule has 2 rings (SSSR count). The third-order valence-electron chi connectivity index (χ3n) is 3.41. The number of cyclic esters (lactones) is 1. The van der Waals surface area contributed by atoms with Gasteiger partial charge < -0.3 is 15.4 Å². The van der Waals surface area contributed by atoms with Gasteiger partial charge in [-0.1, -0.05) is 45.0 Å². The number of ether oxygens (including phenoxy) is 1. The van der Waals surface area contributed by atoms with Gasteiger partial charge in [-0.2, -0.15) is 0 Å². The first kappa shape index (κ1) is 13.9. The van der Waals surface area contributed by atoms with Gasteiger partial charge in [0, 0.05) is 13.1 Å². The number of hydrogen-bond acceptors (Lipinski definition) is 3. The fourth-order valence-electron chi connectivity index (χ4n) is 2.16. The zero-order chi connectivity index (χ0) is 14.0. The predicted octanol–water partition coefficient (Wildman–Crippen LogP) is 2.26. The molecule has 1 atom stereocenters. The lowest BCUT2D eigenvalue weighted by atomic mass is 9.87. The molecule has 4 heteroatoms. The number of hydrogen-bond donors (Lipinski definition) is 1. The number of rotatable bonds is 3. The molecule has 0 radical (unpaired) electrons. The molecule has 104 valence electrons. The molecule has 1 fully saturated rings. The highest BCUT2D eigenvalue weighted by Gasteiger charge is 2.30. The summed E-state index contributed by atoms with van der Waals surface area (Å²) in [7, 11) is 0. The Morgan fingerprint density at radius 2 is 1.95 bits per heavy atom. The second kappa shape index (κ2) is 5.21. The summed E-state index contributed by atoms with van der Waals surface area (Å²) in [6, 6.07) is 8.39. The number of nitrogens with zero attached hydrogens (tertiary/aromatic N) is 1. The van der Waals surface area contributed by atoms with Crippen LogP contribution in [0.25, 0.3) is 0 Å². The van der Waals surface area contributed by atoms with Crippen molar-refractivity contribution in [3.05, 3.63) is 35.4 Å². The number of carbonyl (C=O) groups is 1. The zero-order valence-corrected chi connectivity index (χ0v) is 11.8. The second-order valence-corrected chi connectivity index (χ2v) is 6.07. The molecule has 1 aliphatic rings. The Morgan fingerprint density at radius 3 is 2.42 bits per heavy atom. The highest BCUT2D eigenvalue weighted by atomic mass is 16.6. The van der Waals surface area contributed by atoms with Crippen molar-refractivity contribution in [2.45, 2.75) is 38.8 Å². The molecule has 0 bridgehead atoms. The van der Waals surface area contributed by atoms with Crippen LogP contribution in [0.15, 0.2) is 24.3 Å². The van der Waals surface area contributed by atoms with Gasteiger partial charge in [0.05, 0.1) is 6.54 Å². The Morgan fingerprint density at radius 1 is 1.32 bits per heavy atom. The predicted molar refractivity (Wildman–Crippen MR) is 74.9 cm³/mol. The molecule has 1 aromatic carbocycles. The van der Waals surface area contributed by atoms with E-state index in [1.165, 1.54) is 5.56 Å². The zero-order valence-electron chi connectivity index (χ0n) is 11.8. The Kier molecular flexibility index (Phi) is 3.80. The second-order valence-electron chi connectivity index (χ2n) is 6.07. The Bertz CT molecular complexity index is 448. The third kappa shape index (κ3) is 3.26. The van der Waals surface area contributed by atoms with E-state index in [-0.39, 0.29) is 17.6 Å². The summed E-state index contributed by atoms with van der Waals surface area (Å²) >= 11 is 0. The molecule has 1 heterocycles. The molecule has 1 unspecified atom stereocenters. The number of benzene rings is 1.